The molecule has 0 heterocycles. The van der Waals surface area contributed by atoms with Crippen molar-refractivity contribution in [2.24, 2.45) is 5.73 Å². The van der Waals surface area contributed by atoms with Crippen molar-refractivity contribution in [1.29, 1.82) is 0 Å². The molecule has 100 valence electrons. The molecule has 0 bridgehead atoms. The summed E-state index contributed by atoms with van der Waals surface area (Å²) >= 11 is 0. The van der Waals surface area contributed by atoms with Gasteiger partial charge >= 0.3 is 5.97 Å². The van der Waals surface area contributed by atoms with E-state index in [9.17, 15) is 4.79 Å². The highest BCUT2D eigenvalue weighted by Crippen LogP contribution is 2.17. The van der Waals surface area contributed by atoms with Crippen molar-refractivity contribution in [3.63, 3.8) is 0 Å². The maximum absolute atomic E-state index is 11.1. The van der Waals surface area contributed by atoms with Crippen LogP contribution in [-0.2, 0) is 16.0 Å². The number of hydrogen-bond acceptors (Lipinski definition) is 4. The lowest BCUT2D eigenvalue weighted by molar-refractivity contribution is -0.142. The highest BCUT2D eigenvalue weighted by atomic mass is 16.5. The number of ether oxygens (including phenoxy) is 1. The Hall–Kier alpha value is -1.55. The zero-order valence-corrected chi connectivity index (χ0v) is 11.3. The number of anilines is 1. The van der Waals surface area contributed by atoms with Crippen LogP contribution in [0.4, 0.5) is 5.69 Å². The van der Waals surface area contributed by atoms with Crippen LogP contribution in [0.1, 0.15) is 24.0 Å². The fourth-order valence-corrected chi connectivity index (χ4v) is 1.91. The quantitative estimate of drug-likeness (QED) is 0.756. The van der Waals surface area contributed by atoms with Crippen molar-refractivity contribution in [2.75, 3.05) is 19.5 Å². The Morgan fingerprint density at radius 3 is 2.78 bits per heavy atom. The van der Waals surface area contributed by atoms with E-state index in [1.54, 1.807) is 0 Å². The molecule has 0 spiro atoms. The highest BCUT2D eigenvalue weighted by Gasteiger charge is 2.12. The third-order valence-electron chi connectivity index (χ3n) is 3.10. The van der Waals surface area contributed by atoms with Crippen molar-refractivity contribution >= 4 is 11.7 Å². The molecule has 1 rings (SSSR count). The first kappa shape index (κ1) is 14.5. The molecule has 0 radical (unpaired) electrons. The first-order valence-electron chi connectivity index (χ1n) is 6.19. The topological polar surface area (TPSA) is 64.3 Å². The second kappa shape index (κ2) is 7.01. The Morgan fingerprint density at radius 1 is 1.50 bits per heavy atom. The molecule has 18 heavy (non-hydrogen) atoms. The van der Waals surface area contributed by atoms with Gasteiger partial charge in [-0.3, -0.25) is 4.79 Å². The number of carbonyl (C=O) groups excluding carboxylic acids is 1. The Morgan fingerprint density at radius 2 is 2.22 bits per heavy atom. The van der Waals surface area contributed by atoms with Gasteiger partial charge in [-0.25, -0.2) is 0 Å². The molecular formula is C14H22N2O2. The van der Waals surface area contributed by atoms with E-state index in [-0.39, 0.29) is 5.97 Å². The molecule has 3 N–H and O–H groups in total. The number of hydrogen-bond donors (Lipinski definition) is 2. The minimum atomic E-state index is -0.508. The second-order valence-corrected chi connectivity index (χ2v) is 4.41. The van der Waals surface area contributed by atoms with Gasteiger partial charge in [-0.1, -0.05) is 6.07 Å². The summed E-state index contributed by atoms with van der Waals surface area (Å²) in [7, 11) is 3.27. The van der Waals surface area contributed by atoms with Gasteiger partial charge in [0.05, 0.1) is 7.11 Å². The summed E-state index contributed by atoms with van der Waals surface area (Å²) in [6, 6.07) is 5.79. The first-order chi connectivity index (χ1) is 8.58. The van der Waals surface area contributed by atoms with E-state index in [4.69, 9.17) is 5.73 Å². The van der Waals surface area contributed by atoms with Crippen molar-refractivity contribution in [3.8, 4) is 0 Å². The standard InChI is InChI=1S/C14H22N2O2/c1-10-9-12(16-2)8-7-11(10)5-4-6-13(15)14(17)18-3/h7-9,13,16H,4-6,15H2,1-3H3. The van der Waals surface area contributed by atoms with E-state index >= 15 is 0 Å². The summed E-state index contributed by atoms with van der Waals surface area (Å²) in [5.74, 6) is -0.336. The van der Waals surface area contributed by atoms with Gasteiger partial charge in [-0.05, 0) is 49.4 Å². The van der Waals surface area contributed by atoms with E-state index in [1.165, 1.54) is 18.2 Å². The Kier molecular flexibility index (Phi) is 5.65. The SMILES string of the molecule is CNc1ccc(CCCC(N)C(=O)OC)c(C)c1. The van der Waals surface area contributed by atoms with E-state index in [1.807, 2.05) is 7.05 Å². The van der Waals surface area contributed by atoms with Crippen LogP contribution >= 0.6 is 0 Å². The number of benzene rings is 1. The summed E-state index contributed by atoms with van der Waals surface area (Å²) in [5, 5.41) is 3.11. The number of carbonyl (C=O) groups is 1. The molecular weight excluding hydrogens is 228 g/mol. The normalized spacial score (nSPS) is 12.0. The smallest absolute Gasteiger partial charge is 0.322 e. The van der Waals surface area contributed by atoms with Crippen molar-refractivity contribution in [3.05, 3.63) is 29.3 Å². The average Bonchev–Trinajstić information content (AvgIpc) is 2.39. The lowest BCUT2D eigenvalue weighted by Crippen LogP contribution is -2.31. The van der Waals surface area contributed by atoms with Crippen molar-refractivity contribution in [1.82, 2.24) is 0 Å². The fraction of sp³-hybridized carbons (Fsp3) is 0.500. The molecule has 4 heteroatoms. The van der Waals surface area contributed by atoms with Gasteiger partial charge in [-0.2, -0.15) is 0 Å². The van der Waals surface area contributed by atoms with Gasteiger partial charge < -0.3 is 15.8 Å². The van der Waals surface area contributed by atoms with Gasteiger partial charge in [0.1, 0.15) is 6.04 Å². The monoisotopic (exact) mass is 250 g/mol. The van der Waals surface area contributed by atoms with Crippen LogP contribution in [0.25, 0.3) is 0 Å². The summed E-state index contributed by atoms with van der Waals surface area (Å²) < 4.78 is 4.60. The van der Waals surface area contributed by atoms with Gasteiger partial charge in [-0.15, -0.1) is 0 Å². The Bertz CT molecular complexity index is 405. The lowest BCUT2D eigenvalue weighted by atomic mass is 10.0. The van der Waals surface area contributed by atoms with Crippen LogP contribution in [0.3, 0.4) is 0 Å². The van der Waals surface area contributed by atoms with E-state index in [0.29, 0.717) is 6.42 Å². The molecule has 0 aliphatic carbocycles. The summed E-state index contributed by atoms with van der Waals surface area (Å²) in [5.41, 5.74) is 9.36. The van der Waals surface area contributed by atoms with Crippen LogP contribution in [0.5, 0.6) is 0 Å². The predicted octanol–water partition coefficient (Wildman–Crippen LogP) is 1.86. The van der Waals surface area contributed by atoms with Crippen LogP contribution in [0, 0.1) is 6.92 Å². The van der Waals surface area contributed by atoms with Crippen LogP contribution in [-0.4, -0.2) is 26.2 Å². The first-order valence-corrected chi connectivity index (χ1v) is 6.19. The number of nitrogens with two attached hydrogens (primary N) is 1. The average molecular weight is 250 g/mol. The molecule has 0 saturated heterocycles. The zero-order chi connectivity index (χ0) is 13.5. The Balaban J connectivity index is 2.46. The number of rotatable bonds is 6. The molecule has 0 amide bonds. The lowest BCUT2D eigenvalue weighted by Gasteiger charge is -2.11. The van der Waals surface area contributed by atoms with Gasteiger partial charge in [0.2, 0.25) is 0 Å². The molecule has 0 aromatic heterocycles. The van der Waals surface area contributed by atoms with Gasteiger partial charge in [0.25, 0.3) is 0 Å². The maximum atomic E-state index is 11.1. The predicted molar refractivity (Wildman–Crippen MR) is 73.7 cm³/mol. The van der Waals surface area contributed by atoms with Crippen molar-refractivity contribution < 1.29 is 9.53 Å². The zero-order valence-electron chi connectivity index (χ0n) is 11.3. The molecule has 0 aliphatic heterocycles. The molecule has 0 saturated carbocycles. The molecule has 0 aliphatic rings. The Labute approximate surface area is 109 Å². The van der Waals surface area contributed by atoms with Crippen LogP contribution in [0.2, 0.25) is 0 Å². The number of nitrogens with one attached hydrogen (secondary N) is 1. The molecule has 4 nitrogen and oxygen atoms in total. The molecule has 1 unspecified atom stereocenters. The number of aryl methyl sites for hydroxylation is 2. The molecule has 1 aromatic carbocycles. The third kappa shape index (κ3) is 4.04. The summed E-state index contributed by atoms with van der Waals surface area (Å²) in [6.07, 6.45) is 2.47. The van der Waals surface area contributed by atoms with Crippen molar-refractivity contribution in [2.45, 2.75) is 32.2 Å². The maximum Gasteiger partial charge on any atom is 0.322 e. The van der Waals surface area contributed by atoms with Gasteiger partial charge in [0.15, 0.2) is 0 Å². The van der Waals surface area contributed by atoms with E-state index in [2.05, 4.69) is 35.2 Å². The van der Waals surface area contributed by atoms with Crippen LogP contribution in [0.15, 0.2) is 18.2 Å². The van der Waals surface area contributed by atoms with Gasteiger partial charge in [0, 0.05) is 12.7 Å². The summed E-state index contributed by atoms with van der Waals surface area (Å²) in [6.45, 7) is 2.09. The fourth-order valence-electron chi connectivity index (χ4n) is 1.91. The highest BCUT2D eigenvalue weighted by molar-refractivity contribution is 5.75. The van der Waals surface area contributed by atoms with E-state index in [0.717, 1.165) is 18.5 Å². The molecule has 1 aromatic rings. The largest absolute Gasteiger partial charge is 0.468 e. The third-order valence-corrected chi connectivity index (χ3v) is 3.10. The van der Waals surface area contributed by atoms with E-state index < -0.39 is 6.04 Å². The molecule has 0 fully saturated rings. The number of methoxy groups -OCH3 is 1. The second-order valence-electron chi connectivity index (χ2n) is 4.41. The number of esters is 1. The molecule has 1 atom stereocenters. The minimum absolute atomic E-state index is 0.336. The van der Waals surface area contributed by atoms with Crippen LogP contribution < -0.4 is 11.1 Å². The minimum Gasteiger partial charge on any atom is -0.468 e. The summed E-state index contributed by atoms with van der Waals surface area (Å²) in [4.78, 5) is 11.1.